The van der Waals surface area contributed by atoms with Crippen molar-refractivity contribution in [2.24, 2.45) is 0 Å². The van der Waals surface area contributed by atoms with Crippen LogP contribution in [0.2, 0.25) is 0 Å². The number of phenols is 6. The molecule has 18 nitrogen and oxygen atoms in total. The van der Waals surface area contributed by atoms with Gasteiger partial charge in [0.1, 0.15) is 40.5 Å². The van der Waals surface area contributed by atoms with E-state index in [1.54, 1.807) is 0 Å². The Kier molecular flexibility index (Phi) is 10.5. The molecule has 0 bridgehead atoms. The molecule has 2 aliphatic rings. The van der Waals surface area contributed by atoms with Crippen LogP contribution in [0.3, 0.4) is 0 Å². The molecule has 2 aliphatic heterocycles. The molecule has 0 aromatic heterocycles. The number of aromatic hydroxyl groups is 6. The zero-order chi connectivity index (χ0) is 42.5. The van der Waals surface area contributed by atoms with Crippen LogP contribution in [0.5, 0.6) is 34.5 Å². The maximum absolute atomic E-state index is 14.6. The molecule has 2 fully saturated rings. The lowest BCUT2D eigenvalue weighted by Crippen LogP contribution is -2.85. The summed E-state index contributed by atoms with van der Waals surface area (Å²) in [6.45, 7) is 0.779. The van der Waals surface area contributed by atoms with Crippen LogP contribution < -0.4 is 0 Å². The standard InChI is InChI=1S/C30H35F7N4O14/c1-9-12(20(46)22(48)16(31)17(9)43)23-26(50,51)24(40-7-5-39(6-8-40)11(3)42)27(52,53)30(54,55)41(23)25(49)38(4)10(2)13-18(44)14(28(32,33)34)21(47)15(19(13)45)29(35,36)37/h10,23-24,43-48,50-55H,5-8H2,1-4H3. The highest BCUT2D eigenvalue weighted by Crippen LogP contribution is 2.58. The molecule has 2 aromatic carbocycles. The second-order valence-electron chi connectivity index (χ2n) is 13.0. The van der Waals surface area contributed by atoms with Crippen LogP contribution in [0.1, 0.15) is 53.7 Å². The van der Waals surface area contributed by atoms with E-state index < -0.39 is 146 Å². The molecule has 308 valence electrons. The molecule has 0 saturated carbocycles. The average Bonchev–Trinajstić information content (AvgIpc) is 3.03. The van der Waals surface area contributed by atoms with Crippen molar-refractivity contribution < 1.29 is 102 Å². The first kappa shape index (κ1) is 42.9. The first-order valence-corrected chi connectivity index (χ1v) is 15.6. The van der Waals surface area contributed by atoms with Crippen molar-refractivity contribution in [3.63, 3.8) is 0 Å². The summed E-state index contributed by atoms with van der Waals surface area (Å²) in [5.74, 6) is -28.1. The highest BCUT2D eigenvalue weighted by Gasteiger charge is 2.75. The van der Waals surface area contributed by atoms with Crippen molar-refractivity contribution in [3.05, 3.63) is 33.6 Å². The van der Waals surface area contributed by atoms with Crippen molar-refractivity contribution in [2.75, 3.05) is 33.2 Å². The summed E-state index contributed by atoms with van der Waals surface area (Å²) in [4.78, 5) is 27.3. The van der Waals surface area contributed by atoms with Crippen molar-refractivity contribution in [2.45, 2.75) is 68.7 Å². The van der Waals surface area contributed by atoms with Crippen molar-refractivity contribution >= 4 is 11.9 Å². The number of hydrogen-bond acceptors (Lipinski definition) is 15. The summed E-state index contributed by atoms with van der Waals surface area (Å²) in [5.41, 5.74) is -9.68. The Bertz CT molecular complexity index is 1830. The van der Waals surface area contributed by atoms with Crippen LogP contribution in [0.25, 0.3) is 0 Å². The summed E-state index contributed by atoms with van der Waals surface area (Å²) in [5, 5.41) is 132. The third kappa shape index (κ3) is 6.47. The number of piperidine rings is 1. The molecule has 2 saturated heterocycles. The van der Waals surface area contributed by atoms with Gasteiger partial charge in [-0.25, -0.2) is 4.79 Å². The van der Waals surface area contributed by atoms with Crippen molar-refractivity contribution in [1.82, 2.24) is 19.6 Å². The van der Waals surface area contributed by atoms with Gasteiger partial charge in [-0.2, -0.15) is 30.7 Å². The van der Waals surface area contributed by atoms with Gasteiger partial charge in [0.2, 0.25) is 17.5 Å². The lowest BCUT2D eigenvalue weighted by Gasteiger charge is -2.61. The molecule has 3 unspecified atom stereocenters. The summed E-state index contributed by atoms with van der Waals surface area (Å²) in [6, 6.07) is -10.8. The Morgan fingerprint density at radius 1 is 0.764 bits per heavy atom. The molecular weight excluding hydrogens is 773 g/mol. The van der Waals surface area contributed by atoms with Crippen LogP contribution in [-0.4, -0.2) is 150 Å². The Balaban J connectivity index is 2.03. The van der Waals surface area contributed by atoms with Crippen LogP contribution in [0.4, 0.5) is 35.5 Å². The summed E-state index contributed by atoms with van der Waals surface area (Å²) < 4.78 is 97.9. The van der Waals surface area contributed by atoms with Crippen LogP contribution in [0, 0.1) is 12.7 Å². The second kappa shape index (κ2) is 13.5. The first-order valence-electron chi connectivity index (χ1n) is 15.6. The largest absolute Gasteiger partial charge is 0.507 e. The molecule has 12 N–H and O–H groups in total. The molecule has 2 heterocycles. The number of carbonyl (C=O) groups is 2. The quantitative estimate of drug-likeness (QED) is 0.0845. The van der Waals surface area contributed by atoms with Gasteiger partial charge in [0.25, 0.3) is 5.79 Å². The minimum absolute atomic E-state index is 0.117. The fourth-order valence-electron chi connectivity index (χ4n) is 6.92. The number of phenolic OH excluding ortho intramolecular Hbond substituents is 6. The fourth-order valence-corrected chi connectivity index (χ4v) is 6.92. The number of aliphatic hydroxyl groups is 6. The molecule has 55 heavy (non-hydrogen) atoms. The predicted molar refractivity (Wildman–Crippen MR) is 163 cm³/mol. The van der Waals surface area contributed by atoms with Crippen molar-refractivity contribution in [1.29, 1.82) is 0 Å². The Hall–Kier alpha value is -4.79. The summed E-state index contributed by atoms with van der Waals surface area (Å²) in [6.07, 6.45) is -12.0. The van der Waals surface area contributed by atoms with Gasteiger partial charge in [0, 0.05) is 51.3 Å². The Labute approximate surface area is 303 Å². The van der Waals surface area contributed by atoms with Crippen LogP contribution in [-0.2, 0) is 17.1 Å². The fraction of sp³-hybridized carbons (Fsp3) is 0.533. The van der Waals surface area contributed by atoms with E-state index in [9.17, 15) is 102 Å². The summed E-state index contributed by atoms with van der Waals surface area (Å²) in [7, 11) is 0.429. The summed E-state index contributed by atoms with van der Waals surface area (Å²) >= 11 is 0. The van der Waals surface area contributed by atoms with E-state index in [4.69, 9.17) is 0 Å². The highest BCUT2D eigenvalue weighted by molar-refractivity contribution is 5.78. The number of halogens is 7. The molecule has 0 radical (unpaired) electrons. The zero-order valence-corrected chi connectivity index (χ0v) is 28.7. The van der Waals surface area contributed by atoms with Crippen LogP contribution >= 0.6 is 0 Å². The van der Waals surface area contributed by atoms with Gasteiger partial charge < -0.3 is 71.1 Å². The zero-order valence-electron chi connectivity index (χ0n) is 28.7. The van der Waals surface area contributed by atoms with Gasteiger partial charge in [-0.05, 0) is 13.8 Å². The number of rotatable bonds is 4. The van der Waals surface area contributed by atoms with E-state index in [1.165, 1.54) is 4.90 Å². The highest BCUT2D eigenvalue weighted by atomic mass is 19.4. The Morgan fingerprint density at radius 3 is 1.64 bits per heavy atom. The SMILES string of the molecule is CC(=O)N1CCN(C2C(O)(O)C(c3c(C)c(O)c(F)c(O)c3O)N(C(=O)N(C)C(C)c3c(O)c(C(F)(F)F)c(O)c(C(F)(F)F)c3O)C(O)(O)C2(O)O)CC1. The number of amides is 3. The van der Waals surface area contributed by atoms with Gasteiger partial charge >= 0.3 is 24.3 Å². The number of carbonyl (C=O) groups excluding carboxylic acids is 2. The maximum Gasteiger partial charge on any atom is 0.423 e. The molecule has 4 rings (SSSR count). The van der Waals surface area contributed by atoms with E-state index in [0.717, 1.165) is 11.8 Å². The minimum atomic E-state index is -5.98. The van der Waals surface area contributed by atoms with Gasteiger partial charge in [-0.3, -0.25) is 14.6 Å². The predicted octanol–water partition coefficient (Wildman–Crippen LogP) is 0.108. The number of likely N-dealkylation sites (tertiary alicyclic amines) is 1. The molecule has 3 atom stereocenters. The van der Waals surface area contributed by atoms with Crippen LogP contribution in [0.15, 0.2) is 0 Å². The van der Waals surface area contributed by atoms with Crippen molar-refractivity contribution in [3.8, 4) is 34.5 Å². The number of piperazine rings is 1. The molecule has 25 heteroatoms. The van der Waals surface area contributed by atoms with Gasteiger partial charge in [-0.1, -0.05) is 0 Å². The normalized spacial score (nSPS) is 22.1. The third-order valence-corrected chi connectivity index (χ3v) is 9.86. The molecule has 3 amide bonds. The molecule has 0 spiro atoms. The topological polar surface area (TPSA) is 290 Å². The molecular formula is C30H35F7N4O14. The number of nitrogens with zero attached hydrogens (tertiary/aromatic N) is 4. The third-order valence-electron chi connectivity index (χ3n) is 9.86. The van der Waals surface area contributed by atoms with E-state index in [0.29, 0.717) is 20.9 Å². The second-order valence-corrected chi connectivity index (χ2v) is 13.0. The lowest BCUT2D eigenvalue weighted by atomic mass is 9.77. The smallest absolute Gasteiger partial charge is 0.423 e. The van der Waals surface area contributed by atoms with E-state index in [2.05, 4.69) is 0 Å². The average molecular weight is 809 g/mol. The first-order chi connectivity index (χ1) is 24.8. The number of hydrogen-bond donors (Lipinski definition) is 12. The van der Waals surface area contributed by atoms with Gasteiger partial charge in [0.15, 0.2) is 17.2 Å². The number of benzene rings is 2. The Morgan fingerprint density at radius 2 is 1.22 bits per heavy atom. The molecule has 2 aromatic rings. The monoisotopic (exact) mass is 808 g/mol. The number of urea groups is 1. The van der Waals surface area contributed by atoms with E-state index >= 15 is 0 Å². The molecule has 0 aliphatic carbocycles. The van der Waals surface area contributed by atoms with E-state index in [1.807, 2.05) is 0 Å². The number of alkyl halides is 6. The van der Waals surface area contributed by atoms with Gasteiger partial charge in [-0.15, -0.1) is 0 Å². The van der Waals surface area contributed by atoms with Gasteiger partial charge in [0.05, 0.1) is 11.6 Å². The van der Waals surface area contributed by atoms with E-state index in [-0.39, 0.29) is 18.0 Å². The lowest BCUT2D eigenvalue weighted by molar-refractivity contribution is -0.482. The minimum Gasteiger partial charge on any atom is -0.507 e. The maximum atomic E-state index is 14.6.